The van der Waals surface area contributed by atoms with Crippen LogP contribution >= 0.6 is 0 Å². The standard InChI is InChI=1S/C20H23N5/c1-3-19(20-8-10-21-16-22-20)15-24(11-1)13-17-4-6-18(7-5-17)14-25-12-2-9-23-25/h2,4-10,12,16,19H,1,3,11,13-15H2/t19-/m1/s1. The third kappa shape index (κ3) is 4.12. The molecule has 0 aliphatic carbocycles. The molecule has 1 aromatic carbocycles. The maximum absolute atomic E-state index is 4.44. The number of likely N-dealkylation sites (tertiary alicyclic amines) is 1. The van der Waals surface area contributed by atoms with Gasteiger partial charge in [-0.3, -0.25) is 9.58 Å². The van der Waals surface area contributed by atoms with Gasteiger partial charge in [-0.05, 0) is 42.6 Å². The quantitative estimate of drug-likeness (QED) is 0.720. The number of hydrogen-bond acceptors (Lipinski definition) is 4. The first-order chi connectivity index (χ1) is 12.4. The predicted octanol–water partition coefficient (Wildman–Crippen LogP) is 3.10. The fourth-order valence-corrected chi connectivity index (χ4v) is 3.57. The van der Waals surface area contributed by atoms with Crippen LogP contribution in [0.2, 0.25) is 0 Å². The Balaban J connectivity index is 1.36. The minimum Gasteiger partial charge on any atom is -0.298 e. The van der Waals surface area contributed by atoms with Gasteiger partial charge < -0.3 is 0 Å². The van der Waals surface area contributed by atoms with E-state index in [9.17, 15) is 0 Å². The zero-order valence-electron chi connectivity index (χ0n) is 14.3. The van der Waals surface area contributed by atoms with E-state index in [1.54, 1.807) is 6.33 Å². The molecule has 5 heteroatoms. The summed E-state index contributed by atoms with van der Waals surface area (Å²) in [4.78, 5) is 11.0. The van der Waals surface area contributed by atoms with Crippen molar-refractivity contribution in [3.8, 4) is 0 Å². The topological polar surface area (TPSA) is 46.8 Å². The molecule has 1 atom stereocenters. The molecular weight excluding hydrogens is 310 g/mol. The normalized spacial score (nSPS) is 18.3. The molecule has 5 nitrogen and oxygen atoms in total. The lowest BCUT2D eigenvalue weighted by Gasteiger charge is -2.32. The summed E-state index contributed by atoms with van der Waals surface area (Å²) in [5, 5.41) is 4.26. The molecule has 0 bridgehead atoms. The molecule has 128 valence electrons. The summed E-state index contributed by atoms with van der Waals surface area (Å²) in [6.45, 7) is 4.07. The molecule has 0 radical (unpaired) electrons. The van der Waals surface area contributed by atoms with E-state index < -0.39 is 0 Å². The molecule has 0 spiro atoms. The highest BCUT2D eigenvalue weighted by Gasteiger charge is 2.22. The van der Waals surface area contributed by atoms with Crippen LogP contribution in [0.3, 0.4) is 0 Å². The van der Waals surface area contributed by atoms with Gasteiger partial charge in [-0.1, -0.05) is 24.3 Å². The van der Waals surface area contributed by atoms with Gasteiger partial charge in [0.05, 0.1) is 6.54 Å². The van der Waals surface area contributed by atoms with Crippen LogP contribution in [0.4, 0.5) is 0 Å². The van der Waals surface area contributed by atoms with Crippen molar-refractivity contribution in [2.24, 2.45) is 0 Å². The van der Waals surface area contributed by atoms with Crippen LogP contribution in [-0.2, 0) is 13.1 Å². The van der Waals surface area contributed by atoms with Gasteiger partial charge in [0.15, 0.2) is 0 Å². The highest BCUT2D eigenvalue weighted by atomic mass is 15.3. The van der Waals surface area contributed by atoms with E-state index in [4.69, 9.17) is 0 Å². The summed E-state index contributed by atoms with van der Waals surface area (Å²) in [6.07, 6.45) is 9.77. The third-order valence-electron chi connectivity index (χ3n) is 4.86. The minimum absolute atomic E-state index is 0.524. The highest BCUT2D eigenvalue weighted by Crippen LogP contribution is 2.26. The van der Waals surface area contributed by atoms with Crippen molar-refractivity contribution in [2.45, 2.75) is 31.8 Å². The predicted molar refractivity (Wildman–Crippen MR) is 97.1 cm³/mol. The van der Waals surface area contributed by atoms with Gasteiger partial charge in [0.25, 0.3) is 0 Å². The van der Waals surface area contributed by atoms with Gasteiger partial charge in [-0.2, -0.15) is 5.10 Å². The Morgan fingerprint density at radius 1 is 1.00 bits per heavy atom. The Morgan fingerprint density at radius 2 is 1.84 bits per heavy atom. The molecule has 0 N–H and O–H groups in total. The lowest BCUT2D eigenvalue weighted by molar-refractivity contribution is 0.198. The van der Waals surface area contributed by atoms with Crippen LogP contribution < -0.4 is 0 Å². The van der Waals surface area contributed by atoms with Crippen LogP contribution in [-0.4, -0.2) is 37.7 Å². The van der Waals surface area contributed by atoms with Crippen LogP contribution in [0.25, 0.3) is 0 Å². The molecule has 1 aliphatic rings. The Hall–Kier alpha value is -2.53. The van der Waals surface area contributed by atoms with E-state index in [-0.39, 0.29) is 0 Å². The van der Waals surface area contributed by atoms with E-state index in [2.05, 4.69) is 50.3 Å². The van der Waals surface area contributed by atoms with Gasteiger partial charge in [-0.25, -0.2) is 9.97 Å². The van der Waals surface area contributed by atoms with Crippen molar-refractivity contribution >= 4 is 0 Å². The van der Waals surface area contributed by atoms with Gasteiger partial charge in [0.2, 0.25) is 0 Å². The number of piperidine rings is 1. The van der Waals surface area contributed by atoms with E-state index in [1.807, 2.05) is 29.3 Å². The van der Waals surface area contributed by atoms with Crippen molar-refractivity contribution in [2.75, 3.05) is 13.1 Å². The second-order valence-corrected chi connectivity index (χ2v) is 6.73. The Morgan fingerprint density at radius 3 is 2.56 bits per heavy atom. The SMILES string of the molecule is c1cnn(Cc2ccc(CN3CCC[C@@H](c4ccncn4)C3)cc2)c1. The molecule has 0 unspecified atom stereocenters. The van der Waals surface area contributed by atoms with Crippen LogP contribution in [0.1, 0.15) is 35.6 Å². The molecule has 0 amide bonds. The zero-order chi connectivity index (χ0) is 16.9. The summed E-state index contributed by atoms with van der Waals surface area (Å²) < 4.78 is 1.95. The largest absolute Gasteiger partial charge is 0.298 e. The Bertz CT molecular complexity index is 768. The Kier molecular flexibility index (Phi) is 4.84. The maximum atomic E-state index is 4.44. The van der Waals surface area contributed by atoms with E-state index >= 15 is 0 Å². The summed E-state index contributed by atoms with van der Waals surface area (Å²) in [5.74, 6) is 0.524. The lowest BCUT2D eigenvalue weighted by Crippen LogP contribution is -2.34. The third-order valence-corrected chi connectivity index (χ3v) is 4.86. The molecule has 1 fully saturated rings. The molecular formula is C20H23N5. The van der Waals surface area contributed by atoms with Crippen LogP contribution in [0.15, 0.2) is 61.3 Å². The highest BCUT2D eigenvalue weighted by molar-refractivity contribution is 5.23. The summed E-state index contributed by atoms with van der Waals surface area (Å²) >= 11 is 0. The van der Waals surface area contributed by atoms with Crippen LogP contribution in [0.5, 0.6) is 0 Å². The van der Waals surface area contributed by atoms with E-state index in [0.717, 1.165) is 26.2 Å². The molecule has 4 rings (SSSR count). The summed E-state index contributed by atoms with van der Waals surface area (Å²) in [7, 11) is 0. The average Bonchev–Trinajstić information content (AvgIpc) is 3.17. The smallest absolute Gasteiger partial charge is 0.115 e. The van der Waals surface area contributed by atoms with E-state index in [1.165, 1.54) is 29.7 Å². The number of aromatic nitrogens is 4. The average molecular weight is 333 g/mol. The first kappa shape index (κ1) is 16.0. The number of nitrogens with zero attached hydrogens (tertiary/aromatic N) is 5. The molecule has 3 heterocycles. The first-order valence-electron chi connectivity index (χ1n) is 8.90. The van der Waals surface area contributed by atoms with Gasteiger partial charge in [0.1, 0.15) is 6.33 Å². The molecule has 3 aromatic rings. The fourth-order valence-electron chi connectivity index (χ4n) is 3.57. The second kappa shape index (κ2) is 7.57. The van der Waals surface area contributed by atoms with Crippen molar-refractivity contribution in [1.82, 2.24) is 24.6 Å². The van der Waals surface area contributed by atoms with E-state index in [0.29, 0.717) is 5.92 Å². The Labute approximate surface area is 148 Å². The van der Waals surface area contributed by atoms with Gasteiger partial charge in [0, 0.05) is 43.3 Å². The van der Waals surface area contributed by atoms with Gasteiger partial charge >= 0.3 is 0 Å². The first-order valence-corrected chi connectivity index (χ1v) is 8.90. The fraction of sp³-hybridized carbons (Fsp3) is 0.350. The summed E-state index contributed by atoms with van der Waals surface area (Å²) in [6, 6.07) is 12.9. The second-order valence-electron chi connectivity index (χ2n) is 6.73. The number of rotatable bonds is 5. The maximum Gasteiger partial charge on any atom is 0.115 e. The molecule has 1 aliphatic heterocycles. The lowest BCUT2D eigenvalue weighted by atomic mass is 9.94. The van der Waals surface area contributed by atoms with Crippen molar-refractivity contribution in [3.63, 3.8) is 0 Å². The molecule has 0 saturated carbocycles. The molecule has 2 aromatic heterocycles. The zero-order valence-corrected chi connectivity index (χ0v) is 14.3. The van der Waals surface area contributed by atoms with Crippen LogP contribution in [0, 0.1) is 0 Å². The van der Waals surface area contributed by atoms with Crippen molar-refractivity contribution in [3.05, 3.63) is 78.1 Å². The number of hydrogen-bond donors (Lipinski definition) is 0. The molecule has 1 saturated heterocycles. The summed E-state index contributed by atoms with van der Waals surface area (Å²) in [5.41, 5.74) is 3.83. The van der Waals surface area contributed by atoms with Crippen molar-refractivity contribution in [1.29, 1.82) is 0 Å². The number of benzene rings is 1. The monoisotopic (exact) mass is 333 g/mol. The van der Waals surface area contributed by atoms with Gasteiger partial charge in [-0.15, -0.1) is 0 Å². The molecule has 25 heavy (non-hydrogen) atoms. The minimum atomic E-state index is 0.524. The van der Waals surface area contributed by atoms with Crippen molar-refractivity contribution < 1.29 is 0 Å².